The number of esters is 1. The predicted molar refractivity (Wildman–Crippen MR) is 75.7 cm³/mol. The van der Waals surface area contributed by atoms with Crippen LogP contribution in [-0.2, 0) is 22.4 Å². The Morgan fingerprint density at radius 1 is 1.42 bits per heavy atom. The minimum absolute atomic E-state index is 0.293. The highest BCUT2D eigenvalue weighted by molar-refractivity contribution is 5.90. The Hall–Kier alpha value is -1.71. The van der Waals surface area contributed by atoms with Crippen LogP contribution in [0.1, 0.15) is 36.7 Å². The van der Waals surface area contributed by atoms with Crippen molar-refractivity contribution < 1.29 is 9.53 Å². The smallest absolute Gasteiger partial charge is 0.332 e. The lowest BCUT2D eigenvalue weighted by molar-refractivity contribution is -0.137. The molecule has 4 heteroatoms. The quantitative estimate of drug-likeness (QED) is 0.669. The van der Waals surface area contributed by atoms with Crippen molar-refractivity contribution in [3.8, 4) is 0 Å². The highest BCUT2D eigenvalue weighted by Gasteiger charge is 2.16. The Labute approximate surface area is 114 Å². The Balaban J connectivity index is 2.29. The molecule has 0 atom stereocenters. The molecule has 1 aromatic rings. The summed E-state index contributed by atoms with van der Waals surface area (Å²) in [5.74, 6) is -0.293. The van der Waals surface area contributed by atoms with Gasteiger partial charge in [0.2, 0.25) is 0 Å². The first kappa shape index (κ1) is 13.7. The van der Waals surface area contributed by atoms with Crippen LogP contribution in [0.4, 0.5) is 0 Å². The van der Waals surface area contributed by atoms with Crippen molar-refractivity contribution in [3.63, 3.8) is 0 Å². The molecule has 0 bridgehead atoms. The van der Waals surface area contributed by atoms with E-state index in [9.17, 15) is 4.79 Å². The van der Waals surface area contributed by atoms with E-state index in [0.717, 1.165) is 24.2 Å². The second-order valence-electron chi connectivity index (χ2n) is 5.07. The second kappa shape index (κ2) is 5.95. The molecule has 0 aliphatic heterocycles. The fourth-order valence-electron chi connectivity index (χ4n) is 2.48. The van der Waals surface area contributed by atoms with Crippen molar-refractivity contribution >= 4 is 11.7 Å². The van der Waals surface area contributed by atoms with Crippen LogP contribution in [0.15, 0.2) is 12.1 Å². The van der Waals surface area contributed by atoms with Crippen LogP contribution in [-0.4, -0.2) is 36.6 Å². The zero-order valence-corrected chi connectivity index (χ0v) is 12.0. The highest BCUT2D eigenvalue weighted by Crippen LogP contribution is 2.25. The molecule has 0 aromatic carbocycles. The molecule has 0 saturated heterocycles. The van der Waals surface area contributed by atoms with Gasteiger partial charge in [-0.1, -0.05) is 0 Å². The first-order valence-corrected chi connectivity index (χ1v) is 6.88. The van der Waals surface area contributed by atoms with E-state index in [1.807, 2.05) is 25.9 Å². The number of H-pyrrole nitrogens is 1. The number of hydrogen-bond donors (Lipinski definition) is 1. The van der Waals surface area contributed by atoms with Crippen LogP contribution < -0.4 is 0 Å². The molecule has 1 heterocycles. The summed E-state index contributed by atoms with van der Waals surface area (Å²) in [6, 6.07) is 2.17. The van der Waals surface area contributed by atoms with Gasteiger partial charge in [0.1, 0.15) is 0 Å². The molecule has 1 aliphatic carbocycles. The normalized spacial score (nSPS) is 15.0. The summed E-state index contributed by atoms with van der Waals surface area (Å²) >= 11 is 0. The summed E-state index contributed by atoms with van der Waals surface area (Å²) in [7, 11) is 3.87. The van der Waals surface area contributed by atoms with Gasteiger partial charge in [0.25, 0.3) is 0 Å². The van der Waals surface area contributed by atoms with Crippen LogP contribution in [0.25, 0.3) is 5.70 Å². The number of aryl methyl sites for hydroxylation is 2. The minimum Gasteiger partial charge on any atom is -0.463 e. The molecule has 19 heavy (non-hydrogen) atoms. The molecule has 1 aromatic heterocycles. The number of nitrogens with zero attached hydrogens (tertiary/aromatic N) is 1. The number of aromatic amines is 1. The lowest BCUT2D eigenvalue weighted by Gasteiger charge is -2.15. The zero-order chi connectivity index (χ0) is 13.8. The van der Waals surface area contributed by atoms with Gasteiger partial charge in [-0.25, -0.2) is 4.79 Å². The minimum atomic E-state index is -0.293. The maximum Gasteiger partial charge on any atom is 0.332 e. The first-order chi connectivity index (χ1) is 9.11. The van der Waals surface area contributed by atoms with E-state index < -0.39 is 0 Å². The molecule has 0 radical (unpaired) electrons. The molecule has 104 valence electrons. The molecule has 0 spiro atoms. The Kier molecular flexibility index (Phi) is 4.30. The van der Waals surface area contributed by atoms with Crippen LogP contribution in [0, 0.1) is 0 Å². The molecule has 0 saturated carbocycles. The SMILES string of the molecule is CCOC(=O)/C=C(/c1cc2c([nH]1)CCCC2)N(C)C. The van der Waals surface area contributed by atoms with E-state index in [4.69, 9.17) is 4.74 Å². The van der Waals surface area contributed by atoms with E-state index in [0.29, 0.717) is 6.61 Å². The number of ether oxygens (including phenoxy) is 1. The van der Waals surface area contributed by atoms with Gasteiger partial charge in [-0.05, 0) is 44.2 Å². The molecule has 0 fully saturated rings. The average Bonchev–Trinajstić information content (AvgIpc) is 2.79. The van der Waals surface area contributed by atoms with Crippen molar-refractivity contribution in [2.75, 3.05) is 20.7 Å². The summed E-state index contributed by atoms with van der Waals surface area (Å²) in [6.07, 6.45) is 6.29. The summed E-state index contributed by atoms with van der Waals surface area (Å²) in [5, 5.41) is 0. The summed E-state index contributed by atoms with van der Waals surface area (Å²) in [4.78, 5) is 17.0. The Bertz CT molecular complexity index is 463. The van der Waals surface area contributed by atoms with Crippen molar-refractivity contribution in [1.82, 2.24) is 9.88 Å². The van der Waals surface area contributed by atoms with Gasteiger partial charge in [-0.3, -0.25) is 0 Å². The van der Waals surface area contributed by atoms with Crippen LogP contribution in [0.2, 0.25) is 0 Å². The second-order valence-corrected chi connectivity index (χ2v) is 5.07. The van der Waals surface area contributed by atoms with Gasteiger partial charge >= 0.3 is 5.97 Å². The standard InChI is InChI=1S/C15H22N2O2/c1-4-19-15(18)10-14(17(2)3)13-9-11-7-5-6-8-12(11)16-13/h9-10,16H,4-8H2,1-3H3/b14-10-. The molecular weight excluding hydrogens is 240 g/mol. The zero-order valence-electron chi connectivity index (χ0n) is 12.0. The monoisotopic (exact) mass is 262 g/mol. The van der Waals surface area contributed by atoms with E-state index in [1.54, 1.807) is 6.08 Å². The Morgan fingerprint density at radius 3 is 2.79 bits per heavy atom. The fourth-order valence-corrected chi connectivity index (χ4v) is 2.48. The summed E-state index contributed by atoms with van der Waals surface area (Å²) in [5.41, 5.74) is 4.58. The summed E-state index contributed by atoms with van der Waals surface area (Å²) in [6.45, 7) is 2.21. The van der Waals surface area contributed by atoms with E-state index in [-0.39, 0.29) is 5.97 Å². The number of aromatic nitrogens is 1. The predicted octanol–water partition coefficient (Wildman–Crippen LogP) is 2.36. The molecule has 1 aliphatic rings. The summed E-state index contributed by atoms with van der Waals surface area (Å²) < 4.78 is 4.99. The van der Waals surface area contributed by atoms with Gasteiger partial charge < -0.3 is 14.6 Å². The molecular formula is C15H22N2O2. The number of hydrogen-bond acceptors (Lipinski definition) is 3. The fraction of sp³-hybridized carbons (Fsp3) is 0.533. The third kappa shape index (κ3) is 3.19. The van der Waals surface area contributed by atoms with Gasteiger partial charge in [0, 0.05) is 25.9 Å². The third-order valence-electron chi connectivity index (χ3n) is 3.41. The molecule has 2 rings (SSSR count). The number of fused-ring (bicyclic) bond motifs is 1. The first-order valence-electron chi connectivity index (χ1n) is 6.88. The molecule has 0 unspecified atom stereocenters. The lowest BCUT2D eigenvalue weighted by atomic mass is 9.98. The maximum atomic E-state index is 11.6. The lowest BCUT2D eigenvalue weighted by Crippen LogP contribution is -2.13. The topological polar surface area (TPSA) is 45.3 Å². The van der Waals surface area contributed by atoms with Gasteiger partial charge in [-0.2, -0.15) is 0 Å². The van der Waals surface area contributed by atoms with Gasteiger partial charge in [0.05, 0.1) is 18.0 Å². The van der Waals surface area contributed by atoms with Gasteiger partial charge in [-0.15, -0.1) is 0 Å². The van der Waals surface area contributed by atoms with E-state index >= 15 is 0 Å². The Morgan fingerprint density at radius 2 is 2.16 bits per heavy atom. The highest BCUT2D eigenvalue weighted by atomic mass is 16.5. The van der Waals surface area contributed by atoms with Crippen LogP contribution >= 0.6 is 0 Å². The van der Waals surface area contributed by atoms with E-state index in [2.05, 4.69) is 11.1 Å². The number of nitrogens with one attached hydrogen (secondary N) is 1. The molecule has 4 nitrogen and oxygen atoms in total. The number of carbonyl (C=O) groups excluding carboxylic acids is 1. The number of carbonyl (C=O) groups is 1. The van der Waals surface area contributed by atoms with Crippen LogP contribution in [0.3, 0.4) is 0 Å². The average molecular weight is 262 g/mol. The van der Waals surface area contributed by atoms with Crippen LogP contribution in [0.5, 0.6) is 0 Å². The van der Waals surface area contributed by atoms with E-state index in [1.165, 1.54) is 24.1 Å². The maximum absolute atomic E-state index is 11.6. The van der Waals surface area contributed by atoms with Crippen molar-refractivity contribution in [1.29, 1.82) is 0 Å². The largest absolute Gasteiger partial charge is 0.463 e. The number of rotatable bonds is 4. The molecule has 0 amide bonds. The van der Waals surface area contributed by atoms with Crippen molar-refractivity contribution in [2.24, 2.45) is 0 Å². The third-order valence-corrected chi connectivity index (χ3v) is 3.41. The molecule has 1 N–H and O–H groups in total. The van der Waals surface area contributed by atoms with Crippen molar-refractivity contribution in [2.45, 2.75) is 32.6 Å². The van der Waals surface area contributed by atoms with Gasteiger partial charge in [0.15, 0.2) is 0 Å². The van der Waals surface area contributed by atoms with Crippen molar-refractivity contribution in [3.05, 3.63) is 29.1 Å².